The summed E-state index contributed by atoms with van der Waals surface area (Å²) in [6.45, 7) is 1.45. The molecule has 6 heteroatoms. The highest BCUT2D eigenvalue weighted by Crippen LogP contribution is 2.25. The highest BCUT2D eigenvalue weighted by Gasteiger charge is 2.22. The van der Waals surface area contributed by atoms with Crippen LogP contribution in [-0.2, 0) is 31.2 Å². The molecule has 1 aliphatic heterocycles. The molecular weight excluding hydrogens is 321 g/mol. The van der Waals surface area contributed by atoms with Gasteiger partial charge >= 0.3 is 0 Å². The standard InChI is InChI=1S/C16H17Cl2N3O/c1-20-6-4-11-5-7-21(10-15(11)20)16(22)3-2-12-13(17)8-19-9-14(12)18/h4,6,8-9H,2-3,5,7,10H2,1H3. The van der Waals surface area contributed by atoms with Crippen LogP contribution in [0.5, 0.6) is 0 Å². The number of halogens is 2. The van der Waals surface area contributed by atoms with Gasteiger partial charge in [0.1, 0.15) is 0 Å². The Balaban J connectivity index is 1.65. The number of rotatable bonds is 3. The number of nitrogens with zero attached hydrogens (tertiary/aromatic N) is 3. The van der Waals surface area contributed by atoms with Crippen LogP contribution in [0.25, 0.3) is 0 Å². The third-order valence-electron chi connectivity index (χ3n) is 4.18. The third kappa shape index (κ3) is 2.99. The number of hydrogen-bond donors (Lipinski definition) is 0. The van der Waals surface area contributed by atoms with Crippen LogP contribution in [-0.4, -0.2) is 26.9 Å². The Kier molecular flexibility index (Phi) is 4.41. The normalized spacial score (nSPS) is 14.0. The molecule has 4 nitrogen and oxygen atoms in total. The Hall–Kier alpha value is -1.52. The zero-order chi connectivity index (χ0) is 15.7. The minimum absolute atomic E-state index is 0.135. The second-order valence-electron chi connectivity index (χ2n) is 5.55. The first kappa shape index (κ1) is 15.4. The number of hydrogen-bond acceptors (Lipinski definition) is 2. The predicted molar refractivity (Wildman–Crippen MR) is 87.1 cm³/mol. The second-order valence-corrected chi connectivity index (χ2v) is 6.36. The van der Waals surface area contributed by atoms with Gasteiger partial charge in [0.15, 0.2) is 0 Å². The highest BCUT2D eigenvalue weighted by molar-refractivity contribution is 6.35. The number of carbonyl (C=O) groups excluding carboxylic acids is 1. The van der Waals surface area contributed by atoms with Crippen molar-refractivity contribution in [1.82, 2.24) is 14.5 Å². The molecule has 2 aromatic rings. The molecule has 1 amide bonds. The maximum Gasteiger partial charge on any atom is 0.223 e. The van der Waals surface area contributed by atoms with E-state index in [1.165, 1.54) is 11.3 Å². The van der Waals surface area contributed by atoms with Gasteiger partial charge in [-0.2, -0.15) is 0 Å². The summed E-state index contributed by atoms with van der Waals surface area (Å²) >= 11 is 12.2. The van der Waals surface area contributed by atoms with Crippen molar-refractivity contribution in [3.8, 4) is 0 Å². The van der Waals surface area contributed by atoms with Gasteiger partial charge in [0, 0.05) is 44.3 Å². The average molecular weight is 338 g/mol. The summed E-state index contributed by atoms with van der Waals surface area (Å²) in [7, 11) is 2.02. The largest absolute Gasteiger partial charge is 0.353 e. The smallest absolute Gasteiger partial charge is 0.223 e. The molecular formula is C16H17Cl2N3O. The van der Waals surface area contributed by atoms with Crippen molar-refractivity contribution in [3.63, 3.8) is 0 Å². The van der Waals surface area contributed by atoms with Gasteiger partial charge in [-0.3, -0.25) is 9.78 Å². The van der Waals surface area contributed by atoms with E-state index in [0.29, 0.717) is 29.4 Å². The average Bonchev–Trinajstić information content (AvgIpc) is 2.87. The van der Waals surface area contributed by atoms with Crippen molar-refractivity contribution >= 4 is 29.1 Å². The summed E-state index contributed by atoms with van der Waals surface area (Å²) in [5, 5.41) is 1.03. The number of aromatic nitrogens is 2. The summed E-state index contributed by atoms with van der Waals surface area (Å²) < 4.78 is 2.09. The van der Waals surface area contributed by atoms with E-state index in [1.54, 1.807) is 12.4 Å². The molecule has 0 N–H and O–H groups in total. The van der Waals surface area contributed by atoms with E-state index < -0.39 is 0 Å². The zero-order valence-corrected chi connectivity index (χ0v) is 13.9. The molecule has 0 atom stereocenters. The fraction of sp³-hybridized carbons (Fsp3) is 0.375. The zero-order valence-electron chi connectivity index (χ0n) is 12.4. The van der Waals surface area contributed by atoms with Crippen molar-refractivity contribution in [2.24, 2.45) is 7.05 Å². The summed E-state index contributed by atoms with van der Waals surface area (Å²) in [4.78, 5) is 18.3. The Labute approximate surface area is 139 Å². The van der Waals surface area contributed by atoms with Gasteiger partial charge in [0.25, 0.3) is 0 Å². The van der Waals surface area contributed by atoms with Gasteiger partial charge in [0.05, 0.1) is 16.6 Å². The van der Waals surface area contributed by atoms with Crippen molar-refractivity contribution in [2.45, 2.75) is 25.8 Å². The monoisotopic (exact) mass is 337 g/mol. The molecule has 0 spiro atoms. The Bertz CT molecular complexity index is 691. The van der Waals surface area contributed by atoms with E-state index in [9.17, 15) is 4.79 Å². The maximum atomic E-state index is 12.5. The molecule has 0 fully saturated rings. The lowest BCUT2D eigenvalue weighted by Gasteiger charge is -2.28. The van der Waals surface area contributed by atoms with Crippen LogP contribution < -0.4 is 0 Å². The molecule has 0 aliphatic carbocycles. The second kappa shape index (κ2) is 6.31. The van der Waals surface area contributed by atoms with Crippen LogP contribution in [0.3, 0.4) is 0 Å². The van der Waals surface area contributed by atoms with Crippen molar-refractivity contribution < 1.29 is 4.79 Å². The SMILES string of the molecule is Cn1ccc2c1CN(C(=O)CCc1c(Cl)cncc1Cl)CC2. The van der Waals surface area contributed by atoms with Gasteiger partial charge < -0.3 is 9.47 Å². The summed E-state index contributed by atoms with van der Waals surface area (Å²) in [6.07, 6.45) is 7.03. The van der Waals surface area contributed by atoms with E-state index in [4.69, 9.17) is 23.2 Å². The van der Waals surface area contributed by atoms with Crippen molar-refractivity contribution in [3.05, 3.63) is 51.5 Å². The summed E-state index contributed by atoms with van der Waals surface area (Å²) in [5.41, 5.74) is 3.36. The molecule has 2 aromatic heterocycles. The van der Waals surface area contributed by atoms with Gasteiger partial charge in [0.2, 0.25) is 5.91 Å². The summed E-state index contributed by atoms with van der Waals surface area (Å²) in [5.74, 6) is 0.135. The summed E-state index contributed by atoms with van der Waals surface area (Å²) in [6, 6.07) is 2.13. The van der Waals surface area contributed by atoms with E-state index in [-0.39, 0.29) is 5.91 Å². The number of pyridine rings is 1. The van der Waals surface area contributed by atoms with E-state index in [0.717, 1.165) is 18.5 Å². The molecule has 3 heterocycles. The first-order chi connectivity index (χ1) is 10.6. The van der Waals surface area contributed by atoms with Crippen LogP contribution in [0, 0.1) is 0 Å². The fourth-order valence-corrected chi connectivity index (χ4v) is 3.40. The molecule has 0 bridgehead atoms. The molecule has 0 aromatic carbocycles. The Morgan fingerprint density at radius 3 is 2.77 bits per heavy atom. The topological polar surface area (TPSA) is 38.1 Å². The van der Waals surface area contributed by atoms with Crippen molar-refractivity contribution in [2.75, 3.05) is 6.54 Å². The highest BCUT2D eigenvalue weighted by atomic mass is 35.5. The molecule has 0 unspecified atom stereocenters. The first-order valence-corrected chi connectivity index (χ1v) is 8.00. The predicted octanol–water partition coefficient (Wildman–Crippen LogP) is 3.24. The molecule has 0 radical (unpaired) electrons. The van der Waals surface area contributed by atoms with Crippen LogP contribution in [0.4, 0.5) is 0 Å². The lowest BCUT2D eigenvalue weighted by Crippen LogP contribution is -2.36. The van der Waals surface area contributed by atoms with Gasteiger partial charge in [-0.15, -0.1) is 0 Å². The van der Waals surface area contributed by atoms with Gasteiger partial charge in [-0.25, -0.2) is 0 Å². The number of carbonyl (C=O) groups is 1. The Morgan fingerprint density at radius 1 is 1.32 bits per heavy atom. The number of aryl methyl sites for hydroxylation is 1. The minimum atomic E-state index is 0.135. The fourth-order valence-electron chi connectivity index (χ4n) is 2.85. The quantitative estimate of drug-likeness (QED) is 0.862. The van der Waals surface area contributed by atoms with Crippen LogP contribution in [0.1, 0.15) is 23.2 Å². The minimum Gasteiger partial charge on any atom is -0.353 e. The lowest BCUT2D eigenvalue weighted by molar-refractivity contribution is -0.132. The van der Waals surface area contributed by atoms with Crippen LogP contribution in [0.2, 0.25) is 10.0 Å². The number of fused-ring (bicyclic) bond motifs is 1. The molecule has 116 valence electrons. The van der Waals surface area contributed by atoms with E-state index in [2.05, 4.69) is 21.8 Å². The van der Waals surface area contributed by atoms with Gasteiger partial charge in [-0.05, 0) is 30.0 Å². The van der Waals surface area contributed by atoms with E-state index >= 15 is 0 Å². The number of amides is 1. The lowest BCUT2D eigenvalue weighted by atomic mass is 10.1. The van der Waals surface area contributed by atoms with E-state index in [1.807, 2.05) is 11.9 Å². The third-order valence-corrected chi connectivity index (χ3v) is 4.83. The van der Waals surface area contributed by atoms with Crippen molar-refractivity contribution in [1.29, 1.82) is 0 Å². The first-order valence-electron chi connectivity index (χ1n) is 7.25. The molecule has 22 heavy (non-hydrogen) atoms. The van der Waals surface area contributed by atoms with Crippen LogP contribution in [0.15, 0.2) is 24.7 Å². The van der Waals surface area contributed by atoms with Gasteiger partial charge in [-0.1, -0.05) is 23.2 Å². The molecule has 0 saturated heterocycles. The maximum absolute atomic E-state index is 12.5. The van der Waals surface area contributed by atoms with Crippen LogP contribution >= 0.6 is 23.2 Å². The molecule has 1 aliphatic rings. The molecule has 0 saturated carbocycles. The Morgan fingerprint density at radius 2 is 2.05 bits per heavy atom. The molecule has 3 rings (SSSR count).